The van der Waals surface area contributed by atoms with Gasteiger partial charge >= 0.3 is 0 Å². The first-order chi connectivity index (χ1) is 8.74. The Bertz CT molecular complexity index is 584. The number of nitrogens with zero attached hydrogens (tertiary/aromatic N) is 1. The van der Waals surface area contributed by atoms with E-state index in [-0.39, 0.29) is 0 Å². The van der Waals surface area contributed by atoms with Gasteiger partial charge in [-0.1, -0.05) is 24.6 Å². The summed E-state index contributed by atoms with van der Waals surface area (Å²) in [6.45, 7) is 3.74. The first-order valence-electron chi connectivity index (χ1n) is 5.74. The minimum atomic E-state index is 0.730. The first kappa shape index (κ1) is 13.1. The van der Waals surface area contributed by atoms with Crippen LogP contribution in [0.4, 0.5) is 0 Å². The topological polar surface area (TPSA) is 35.8 Å². The van der Waals surface area contributed by atoms with Crippen LogP contribution in [0.3, 0.4) is 0 Å². The van der Waals surface area contributed by atoms with E-state index in [2.05, 4.69) is 24.4 Å². The molecule has 2 rings (SSSR count). The van der Waals surface area contributed by atoms with Crippen LogP contribution in [-0.2, 0) is 6.54 Å². The quantitative estimate of drug-likeness (QED) is 0.914. The van der Waals surface area contributed by atoms with Crippen LogP contribution in [0.5, 0.6) is 0 Å². The maximum atomic E-state index is 8.84. The van der Waals surface area contributed by atoms with E-state index in [1.807, 2.05) is 24.3 Å². The highest BCUT2D eigenvalue weighted by atomic mass is 35.5. The molecule has 4 heteroatoms. The predicted octanol–water partition coefficient (Wildman–Crippen LogP) is 4.05. The lowest BCUT2D eigenvalue weighted by atomic mass is 10.1. The van der Waals surface area contributed by atoms with Crippen molar-refractivity contribution in [2.24, 2.45) is 0 Å². The summed E-state index contributed by atoms with van der Waals surface area (Å²) in [7, 11) is 0. The van der Waals surface area contributed by atoms with Crippen LogP contribution >= 0.6 is 22.9 Å². The fourth-order valence-electron chi connectivity index (χ4n) is 1.68. The van der Waals surface area contributed by atoms with Crippen LogP contribution in [0.2, 0.25) is 5.02 Å². The van der Waals surface area contributed by atoms with E-state index in [1.165, 1.54) is 11.3 Å². The summed E-state index contributed by atoms with van der Waals surface area (Å²) >= 11 is 7.66. The average Bonchev–Trinajstić information content (AvgIpc) is 2.86. The lowest BCUT2D eigenvalue weighted by Crippen LogP contribution is -2.12. The van der Waals surface area contributed by atoms with Crippen LogP contribution in [0.1, 0.15) is 17.4 Å². The molecular weight excluding hydrogens is 264 g/mol. The Morgan fingerprint density at radius 3 is 2.83 bits per heavy atom. The van der Waals surface area contributed by atoms with Gasteiger partial charge in [-0.2, -0.15) is 5.26 Å². The van der Waals surface area contributed by atoms with Crippen molar-refractivity contribution in [3.8, 4) is 16.5 Å². The highest BCUT2D eigenvalue weighted by Gasteiger charge is 2.06. The zero-order valence-electron chi connectivity index (χ0n) is 10.0. The minimum absolute atomic E-state index is 0.730. The molecular formula is C14H13ClN2S. The number of benzene rings is 1. The Kier molecular flexibility index (Phi) is 4.38. The Morgan fingerprint density at radius 2 is 2.17 bits per heavy atom. The standard InChI is InChI=1S/C14H13ClN2S/c1-2-17-9-11-7-10(3-5-13(11)15)14-6-4-12(8-16)18-14/h3-7,17H,2,9H2,1H3. The third kappa shape index (κ3) is 2.91. The molecule has 0 unspecified atom stereocenters. The third-order valence-electron chi connectivity index (χ3n) is 2.61. The number of nitriles is 1. The number of nitrogens with one attached hydrogen (secondary N) is 1. The molecule has 0 bridgehead atoms. The van der Waals surface area contributed by atoms with Crippen LogP contribution in [0.15, 0.2) is 30.3 Å². The maximum Gasteiger partial charge on any atom is 0.110 e. The summed E-state index contributed by atoms with van der Waals surface area (Å²) in [5, 5.41) is 12.9. The molecule has 2 nitrogen and oxygen atoms in total. The fraction of sp³-hybridized carbons (Fsp3) is 0.214. The molecule has 0 fully saturated rings. The van der Waals surface area contributed by atoms with Gasteiger partial charge in [-0.05, 0) is 41.9 Å². The van der Waals surface area contributed by atoms with Crippen LogP contribution in [0.25, 0.3) is 10.4 Å². The summed E-state index contributed by atoms with van der Waals surface area (Å²) in [5.74, 6) is 0. The summed E-state index contributed by atoms with van der Waals surface area (Å²) < 4.78 is 0. The first-order valence-corrected chi connectivity index (χ1v) is 6.93. The predicted molar refractivity (Wildman–Crippen MR) is 76.9 cm³/mol. The monoisotopic (exact) mass is 276 g/mol. The highest BCUT2D eigenvalue weighted by molar-refractivity contribution is 7.16. The summed E-state index contributed by atoms with van der Waals surface area (Å²) in [6, 6.07) is 12.0. The highest BCUT2D eigenvalue weighted by Crippen LogP contribution is 2.30. The lowest BCUT2D eigenvalue weighted by molar-refractivity contribution is 0.727. The molecule has 0 saturated carbocycles. The SMILES string of the molecule is CCNCc1cc(-c2ccc(C#N)s2)ccc1Cl. The Balaban J connectivity index is 2.31. The summed E-state index contributed by atoms with van der Waals surface area (Å²) in [6.07, 6.45) is 0. The van der Waals surface area contributed by atoms with Gasteiger partial charge in [-0.15, -0.1) is 11.3 Å². The van der Waals surface area contributed by atoms with E-state index in [4.69, 9.17) is 16.9 Å². The minimum Gasteiger partial charge on any atom is -0.313 e. The van der Waals surface area contributed by atoms with Crippen molar-refractivity contribution < 1.29 is 0 Å². The molecule has 92 valence electrons. The maximum absolute atomic E-state index is 8.84. The Labute approximate surface area is 116 Å². The molecule has 1 heterocycles. The van der Waals surface area contributed by atoms with Crippen molar-refractivity contribution >= 4 is 22.9 Å². The second kappa shape index (κ2) is 6.01. The lowest BCUT2D eigenvalue weighted by Gasteiger charge is -2.07. The van der Waals surface area contributed by atoms with Crippen molar-refractivity contribution in [3.63, 3.8) is 0 Å². The molecule has 18 heavy (non-hydrogen) atoms. The van der Waals surface area contributed by atoms with Crippen molar-refractivity contribution in [2.45, 2.75) is 13.5 Å². The number of thiophene rings is 1. The molecule has 0 atom stereocenters. The molecule has 0 aliphatic carbocycles. The van der Waals surface area contributed by atoms with Gasteiger partial charge in [0.05, 0.1) is 0 Å². The average molecular weight is 277 g/mol. The fourth-order valence-corrected chi connectivity index (χ4v) is 2.66. The molecule has 1 aromatic carbocycles. The number of halogens is 1. The van der Waals surface area contributed by atoms with E-state index < -0.39 is 0 Å². The van der Waals surface area contributed by atoms with Gasteiger partial charge in [0.1, 0.15) is 10.9 Å². The molecule has 1 aromatic heterocycles. The van der Waals surface area contributed by atoms with Gasteiger partial charge < -0.3 is 5.32 Å². The van der Waals surface area contributed by atoms with Crippen LogP contribution in [0, 0.1) is 11.3 Å². The van der Waals surface area contributed by atoms with E-state index in [9.17, 15) is 0 Å². The van der Waals surface area contributed by atoms with Crippen molar-refractivity contribution in [1.29, 1.82) is 5.26 Å². The molecule has 2 aromatic rings. The zero-order chi connectivity index (χ0) is 13.0. The molecule has 0 aliphatic heterocycles. The molecule has 0 saturated heterocycles. The molecule has 0 spiro atoms. The van der Waals surface area contributed by atoms with Crippen LogP contribution in [-0.4, -0.2) is 6.54 Å². The van der Waals surface area contributed by atoms with E-state index in [1.54, 1.807) is 0 Å². The van der Waals surface area contributed by atoms with Gasteiger partial charge in [0.25, 0.3) is 0 Å². The van der Waals surface area contributed by atoms with Crippen molar-refractivity contribution in [1.82, 2.24) is 5.32 Å². The van der Waals surface area contributed by atoms with Crippen LogP contribution < -0.4 is 5.32 Å². The van der Waals surface area contributed by atoms with E-state index in [0.717, 1.165) is 39.0 Å². The number of hydrogen-bond donors (Lipinski definition) is 1. The largest absolute Gasteiger partial charge is 0.313 e. The van der Waals surface area contributed by atoms with Gasteiger partial charge in [0, 0.05) is 16.4 Å². The van der Waals surface area contributed by atoms with Gasteiger partial charge in [0.15, 0.2) is 0 Å². The molecule has 0 radical (unpaired) electrons. The molecule has 0 aliphatic rings. The normalized spacial score (nSPS) is 10.3. The second-order valence-corrected chi connectivity index (χ2v) is 5.35. The zero-order valence-corrected chi connectivity index (χ0v) is 11.6. The van der Waals surface area contributed by atoms with Gasteiger partial charge in [-0.25, -0.2) is 0 Å². The van der Waals surface area contributed by atoms with Gasteiger partial charge in [0.2, 0.25) is 0 Å². The summed E-state index contributed by atoms with van der Waals surface area (Å²) in [5.41, 5.74) is 2.20. The van der Waals surface area contributed by atoms with Crippen molar-refractivity contribution in [2.75, 3.05) is 6.54 Å². The van der Waals surface area contributed by atoms with E-state index >= 15 is 0 Å². The Morgan fingerprint density at radius 1 is 1.33 bits per heavy atom. The van der Waals surface area contributed by atoms with Gasteiger partial charge in [-0.3, -0.25) is 0 Å². The number of hydrogen-bond acceptors (Lipinski definition) is 3. The van der Waals surface area contributed by atoms with Crippen molar-refractivity contribution in [3.05, 3.63) is 45.8 Å². The third-order valence-corrected chi connectivity index (χ3v) is 4.02. The molecule has 1 N–H and O–H groups in total. The smallest absolute Gasteiger partial charge is 0.110 e. The van der Waals surface area contributed by atoms with E-state index in [0.29, 0.717) is 0 Å². The summed E-state index contributed by atoms with van der Waals surface area (Å²) in [4.78, 5) is 1.83. The Hall–Kier alpha value is -1.34. The second-order valence-electron chi connectivity index (χ2n) is 3.86. The molecule has 0 amide bonds. The number of rotatable bonds is 4.